The normalized spacial score (nSPS) is 11.4. The molecule has 0 aliphatic heterocycles. The summed E-state index contributed by atoms with van der Waals surface area (Å²) in [6.45, 7) is 0. The smallest absolute Gasteiger partial charge is 0.445 e. The molecule has 0 saturated heterocycles. The van der Waals surface area contributed by atoms with Crippen molar-refractivity contribution in [2.24, 2.45) is 0 Å². The summed E-state index contributed by atoms with van der Waals surface area (Å²) in [6.07, 6.45) is -3.80. The molecule has 28 heavy (non-hydrogen) atoms. The first-order chi connectivity index (χ1) is 13.3. The molecule has 3 rings (SSSR count). The number of hydrogen-bond donors (Lipinski definition) is 1. The van der Waals surface area contributed by atoms with Gasteiger partial charge in [-0.1, -0.05) is 16.5 Å². The number of methoxy groups -OCH3 is 1. The van der Waals surface area contributed by atoms with Crippen molar-refractivity contribution in [3.05, 3.63) is 35.2 Å². The molecule has 0 unspecified atom stereocenters. The lowest BCUT2D eigenvalue weighted by Gasteiger charge is -2.00. The Hall–Kier alpha value is -3.02. The van der Waals surface area contributed by atoms with E-state index in [-0.39, 0.29) is 22.9 Å². The van der Waals surface area contributed by atoms with Gasteiger partial charge in [-0.15, -0.1) is 10.2 Å². The zero-order valence-corrected chi connectivity index (χ0v) is 15.3. The van der Waals surface area contributed by atoms with Crippen LogP contribution in [0.25, 0.3) is 11.4 Å². The monoisotopic (exact) mass is 413 g/mol. The lowest BCUT2D eigenvalue weighted by molar-refractivity contribution is -0.138. The van der Waals surface area contributed by atoms with Gasteiger partial charge in [-0.05, 0) is 30.7 Å². The minimum Gasteiger partial charge on any atom is -0.497 e. The Morgan fingerprint density at radius 2 is 2.00 bits per heavy atom. The van der Waals surface area contributed by atoms with E-state index in [1.54, 1.807) is 31.4 Å². The van der Waals surface area contributed by atoms with Gasteiger partial charge in [0.1, 0.15) is 5.75 Å². The van der Waals surface area contributed by atoms with Crippen LogP contribution in [0.2, 0.25) is 0 Å². The van der Waals surface area contributed by atoms with Crippen molar-refractivity contribution in [3.8, 4) is 17.1 Å². The number of carbonyl (C=O) groups is 1. The van der Waals surface area contributed by atoms with E-state index in [1.807, 2.05) is 0 Å². The number of ether oxygens (including phenoxy) is 1. The summed E-state index contributed by atoms with van der Waals surface area (Å²) in [5.74, 6) is 1.00. The third-order valence-corrected chi connectivity index (χ3v) is 4.41. The Morgan fingerprint density at radius 1 is 1.25 bits per heavy atom. The fourth-order valence-electron chi connectivity index (χ4n) is 2.18. The molecule has 0 atom stereocenters. The minimum absolute atomic E-state index is 0.0567. The Balaban J connectivity index is 1.47. The highest BCUT2D eigenvalue weighted by Gasteiger charge is 2.35. The van der Waals surface area contributed by atoms with E-state index in [0.29, 0.717) is 30.3 Å². The summed E-state index contributed by atoms with van der Waals surface area (Å²) in [5, 5.41) is 11.2. The molecule has 0 radical (unpaired) electrons. The maximum absolute atomic E-state index is 12.5. The van der Waals surface area contributed by atoms with E-state index < -0.39 is 17.1 Å². The van der Waals surface area contributed by atoms with Crippen LogP contribution in [-0.2, 0) is 17.4 Å². The van der Waals surface area contributed by atoms with Crippen LogP contribution in [0.4, 0.5) is 18.3 Å². The number of rotatable bonds is 7. The van der Waals surface area contributed by atoms with Gasteiger partial charge >= 0.3 is 6.18 Å². The number of alkyl halides is 3. The topological polar surface area (TPSA) is 103 Å². The summed E-state index contributed by atoms with van der Waals surface area (Å²) >= 11 is 0.273. The van der Waals surface area contributed by atoms with Crippen LogP contribution in [0, 0.1) is 0 Å². The predicted octanol–water partition coefficient (Wildman–Crippen LogP) is 3.58. The van der Waals surface area contributed by atoms with E-state index in [2.05, 4.69) is 25.7 Å². The van der Waals surface area contributed by atoms with Gasteiger partial charge in [0.15, 0.2) is 0 Å². The molecular formula is C16H14F3N5O3S. The molecule has 2 aromatic heterocycles. The molecule has 148 valence electrons. The quantitative estimate of drug-likeness (QED) is 0.631. The van der Waals surface area contributed by atoms with Crippen molar-refractivity contribution in [1.82, 2.24) is 20.3 Å². The van der Waals surface area contributed by atoms with Gasteiger partial charge in [0.05, 0.1) is 7.11 Å². The number of hydrogen-bond acceptors (Lipinski definition) is 8. The summed E-state index contributed by atoms with van der Waals surface area (Å²) in [7, 11) is 1.57. The Kier molecular flexibility index (Phi) is 5.87. The van der Waals surface area contributed by atoms with Crippen molar-refractivity contribution in [2.75, 3.05) is 12.4 Å². The van der Waals surface area contributed by atoms with Crippen LogP contribution in [0.15, 0.2) is 28.8 Å². The number of carbonyl (C=O) groups excluding carboxylic acids is 1. The third-order valence-electron chi connectivity index (χ3n) is 3.52. The largest absolute Gasteiger partial charge is 0.497 e. The maximum atomic E-state index is 12.5. The van der Waals surface area contributed by atoms with Gasteiger partial charge < -0.3 is 14.6 Å². The molecule has 1 amide bonds. The highest BCUT2D eigenvalue weighted by molar-refractivity contribution is 7.15. The molecule has 0 fully saturated rings. The molecule has 8 nitrogen and oxygen atoms in total. The van der Waals surface area contributed by atoms with Crippen molar-refractivity contribution in [3.63, 3.8) is 0 Å². The number of nitrogens with zero attached hydrogens (tertiary/aromatic N) is 4. The number of aromatic nitrogens is 4. The molecule has 12 heteroatoms. The number of benzene rings is 1. The van der Waals surface area contributed by atoms with Gasteiger partial charge in [0, 0.05) is 18.4 Å². The van der Waals surface area contributed by atoms with E-state index in [1.165, 1.54) is 0 Å². The second-order valence-corrected chi connectivity index (χ2v) is 6.53. The van der Waals surface area contributed by atoms with E-state index in [4.69, 9.17) is 9.26 Å². The number of anilines is 1. The van der Waals surface area contributed by atoms with Crippen molar-refractivity contribution in [2.45, 2.75) is 25.4 Å². The number of amides is 1. The summed E-state index contributed by atoms with van der Waals surface area (Å²) in [6, 6.07) is 7.12. The zero-order chi connectivity index (χ0) is 20.1. The second-order valence-electron chi connectivity index (χ2n) is 5.55. The minimum atomic E-state index is -4.58. The van der Waals surface area contributed by atoms with Gasteiger partial charge in [0.2, 0.25) is 27.8 Å². The first kappa shape index (κ1) is 19.7. The fraction of sp³-hybridized carbons (Fsp3) is 0.312. The highest BCUT2D eigenvalue weighted by Crippen LogP contribution is 2.33. The number of halogens is 3. The summed E-state index contributed by atoms with van der Waals surface area (Å²) in [4.78, 5) is 16.1. The molecule has 3 aromatic rings. The standard InChI is InChI=1S/C16H14F3N5O3S/c1-26-10-7-5-9(6-8-10)13-21-12(27-24-13)4-2-3-11(25)20-15-23-22-14(28-15)16(17,18)19/h5-8H,2-4H2,1H3,(H,20,23,25). The summed E-state index contributed by atoms with van der Waals surface area (Å²) in [5.41, 5.74) is 0.755. The molecule has 0 spiro atoms. The van der Waals surface area contributed by atoms with Crippen LogP contribution >= 0.6 is 11.3 Å². The van der Waals surface area contributed by atoms with Crippen LogP contribution < -0.4 is 10.1 Å². The van der Waals surface area contributed by atoms with Gasteiger partial charge in [-0.25, -0.2) is 0 Å². The van der Waals surface area contributed by atoms with Crippen LogP contribution in [0.5, 0.6) is 5.75 Å². The van der Waals surface area contributed by atoms with Crippen LogP contribution in [-0.4, -0.2) is 33.4 Å². The molecule has 0 saturated carbocycles. The predicted molar refractivity (Wildman–Crippen MR) is 92.8 cm³/mol. The molecule has 1 N–H and O–H groups in total. The SMILES string of the molecule is COc1ccc(-c2noc(CCCC(=O)Nc3nnc(C(F)(F)F)s3)n2)cc1. The van der Waals surface area contributed by atoms with Gasteiger partial charge in [-0.2, -0.15) is 18.2 Å². The van der Waals surface area contributed by atoms with E-state index in [0.717, 1.165) is 5.56 Å². The third kappa shape index (κ3) is 5.03. The van der Waals surface area contributed by atoms with E-state index in [9.17, 15) is 18.0 Å². The Morgan fingerprint density at radius 3 is 2.64 bits per heavy atom. The van der Waals surface area contributed by atoms with Crippen molar-refractivity contribution in [1.29, 1.82) is 0 Å². The Bertz CT molecular complexity index is 940. The molecule has 0 aliphatic rings. The number of nitrogens with one attached hydrogen (secondary N) is 1. The lowest BCUT2D eigenvalue weighted by atomic mass is 10.2. The average Bonchev–Trinajstić information content (AvgIpc) is 3.31. The van der Waals surface area contributed by atoms with Crippen molar-refractivity contribution < 1.29 is 27.2 Å². The van der Waals surface area contributed by atoms with Crippen LogP contribution in [0.1, 0.15) is 23.7 Å². The average molecular weight is 413 g/mol. The number of aryl methyl sites for hydroxylation is 1. The lowest BCUT2D eigenvalue weighted by Crippen LogP contribution is -2.11. The molecule has 2 heterocycles. The highest BCUT2D eigenvalue weighted by atomic mass is 32.1. The van der Waals surface area contributed by atoms with E-state index >= 15 is 0 Å². The second kappa shape index (κ2) is 8.33. The molecular weight excluding hydrogens is 399 g/mol. The first-order valence-electron chi connectivity index (χ1n) is 8.02. The maximum Gasteiger partial charge on any atom is 0.445 e. The van der Waals surface area contributed by atoms with Crippen molar-refractivity contribution >= 4 is 22.4 Å². The zero-order valence-electron chi connectivity index (χ0n) is 14.5. The van der Waals surface area contributed by atoms with Gasteiger partial charge in [0.25, 0.3) is 0 Å². The summed E-state index contributed by atoms with van der Waals surface area (Å²) < 4.78 is 47.6. The van der Waals surface area contributed by atoms with Gasteiger partial charge in [-0.3, -0.25) is 4.79 Å². The first-order valence-corrected chi connectivity index (χ1v) is 8.84. The molecule has 0 bridgehead atoms. The molecule has 1 aromatic carbocycles. The van der Waals surface area contributed by atoms with Crippen LogP contribution in [0.3, 0.4) is 0 Å². The molecule has 0 aliphatic carbocycles. The fourth-order valence-corrected chi connectivity index (χ4v) is 2.81. The Labute approximate surface area is 160 Å².